The first-order valence-corrected chi connectivity index (χ1v) is 6.60. The molecular formula is C12H23N3O4. The molecule has 0 aromatic rings. The van der Waals surface area contributed by atoms with Crippen LogP contribution in [0.15, 0.2) is 0 Å². The van der Waals surface area contributed by atoms with Crippen LogP contribution in [0.1, 0.15) is 20.8 Å². The molecule has 1 fully saturated rings. The molecule has 1 saturated heterocycles. The van der Waals surface area contributed by atoms with Crippen molar-refractivity contribution in [3.63, 3.8) is 0 Å². The number of carbonyl (C=O) groups is 2. The van der Waals surface area contributed by atoms with Gasteiger partial charge in [0.25, 0.3) is 0 Å². The number of nitrogens with zero attached hydrogens (tertiary/aromatic N) is 2. The lowest BCUT2D eigenvalue weighted by molar-refractivity contribution is -0.161. The number of carbonyl (C=O) groups excluding carboxylic acids is 1. The molecule has 0 aliphatic carbocycles. The highest BCUT2D eigenvalue weighted by Crippen LogP contribution is 2.12. The van der Waals surface area contributed by atoms with E-state index in [1.807, 2.05) is 11.9 Å². The molecular weight excluding hydrogens is 250 g/mol. The summed E-state index contributed by atoms with van der Waals surface area (Å²) in [6.45, 7) is 8.52. The molecule has 1 aliphatic rings. The second kappa shape index (κ2) is 7.30. The Hall–Kier alpha value is -1.34. The second-order valence-electron chi connectivity index (χ2n) is 4.65. The summed E-state index contributed by atoms with van der Waals surface area (Å²) < 4.78 is 5.26. The quantitative estimate of drug-likeness (QED) is 0.756. The van der Waals surface area contributed by atoms with Crippen LogP contribution in [0.3, 0.4) is 0 Å². The van der Waals surface area contributed by atoms with Gasteiger partial charge in [-0.2, -0.15) is 0 Å². The highest BCUT2D eigenvalue weighted by Gasteiger charge is 2.29. The van der Waals surface area contributed by atoms with E-state index in [-0.39, 0.29) is 5.91 Å². The van der Waals surface area contributed by atoms with E-state index in [9.17, 15) is 9.59 Å². The Morgan fingerprint density at radius 1 is 1.37 bits per heavy atom. The summed E-state index contributed by atoms with van der Waals surface area (Å²) >= 11 is 0. The van der Waals surface area contributed by atoms with Gasteiger partial charge >= 0.3 is 6.09 Å². The first-order chi connectivity index (χ1) is 8.97. The van der Waals surface area contributed by atoms with Gasteiger partial charge in [0.15, 0.2) is 0 Å². The van der Waals surface area contributed by atoms with Crippen LogP contribution in [0.2, 0.25) is 0 Å². The minimum atomic E-state index is -1.11. The SMILES string of the molecule is CCN(C(=O)C(C)C(C)NC(=O)O)N1CCOCC1. The van der Waals surface area contributed by atoms with E-state index < -0.39 is 18.1 Å². The number of hydrogen-bond donors (Lipinski definition) is 2. The molecule has 1 aliphatic heterocycles. The lowest BCUT2D eigenvalue weighted by Crippen LogP contribution is -2.55. The maximum atomic E-state index is 12.4. The zero-order chi connectivity index (χ0) is 14.4. The van der Waals surface area contributed by atoms with Crippen LogP contribution in [-0.4, -0.2) is 66.0 Å². The van der Waals surface area contributed by atoms with E-state index >= 15 is 0 Å². The van der Waals surface area contributed by atoms with Crippen LogP contribution in [0, 0.1) is 5.92 Å². The Morgan fingerprint density at radius 3 is 2.42 bits per heavy atom. The fourth-order valence-electron chi connectivity index (χ4n) is 2.06. The monoisotopic (exact) mass is 273 g/mol. The van der Waals surface area contributed by atoms with Gasteiger partial charge in [0.1, 0.15) is 0 Å². The molecule has 0 aromatic heterocycles. The van der Waals surface area contributed by atoms with Crippen LogP contribution >= 0.6 is 0 Å². The summed E-state index contributed by atoms with van der Waals surface area (Å²) in [7, 11) is 0. The molecule has 1 heterocycles. The molecule has 0 bridgehead atoms. The molecule has 1 rings (SSSR count). The molecule has 0 aromatic carbocycles. The maximum absolute atomic E-state index is 12.4. The Labute approximate surface area is 113 Å². The lowest BCUT2D eigenvalue weighted by atomic mass is 10.0. The molecule has 19 heavy (non-hydrogen) atoms. The van der Waals surface area contributed by atoms with E-state index in [1.54, 1.807) is 18.9 Å². The topological polar surface area (TPSA) is 82.1 Å². The summed E-state index contributed by atoms with van der Waals surface area (Å²) in [4.78, 5) is 23.0. The zero-order valence-corrected chi connectivity index (χ0v) is 11.8. The first-order valence-electron chi connectivity index (χ1n) is 6.60. The minimum absolute atomic E-state index is 0.0642. The van der Waals surface area contributed by atoms with Crippen molar-refractivity contribution in [2.45, 2.75) is 26.8 Å². The van der Waals surface area contributed by atoms with Crippen molar-refractivity contribution < 1.29 is 19.4 Å². The highest BCUT2D eigenvalue weighted by molar-refractivity contribution is 5.79. The maximum Gasteiger partial charge on any atom is 0.404 e. The van der Waals surface area contributed by atoms with E-state index in [0.29, 0.717) is 32.8 Å². The number of carboxylic acid groups (broad SMARTS) is 1. The molecule has 2 unspecified atom stereocenters. The molecule has 7 heteroatoms. The Morgan fingerprint density at radius 2 is 1.95 bits per heavy atom. The number of rotatable bonds is 5. The number of morpholine rings is 1. The van der Waals surface area contributed by atoms with Crippen molar-refractivity contribution in [3.05, 3.63) is 0 Å². The van der Waals surface area contributed by atoms with Gasteiger partial charge in [-0.25, -0.2) is 9.80 Å². The standard InChI is InChI=1S/C12H23N3O4/c1-4-15(14-5-7-19-8-6-14)11(16)9(2)10(3)13-12(17)18/h9-10,13H,4-8H2,1-3H3,(H,17,18). The number of hydrogen-bond acceptors (Lipinski definition) is 4. The van der Waals surface area contributed by atoms with Crippen molar-refractivity contribution in [1.82, 2.24) is 15.3 Å². The third-order valence-electron chi connectivity index (χ3n) is 3.37. The van der Waals surface area contributed by atoms with Crippen LogP contribution < -0.4 is 5.32 Å². The van der Waals surface area contributed by atoms with Crippen LogP contribution in [0.5, 0.6) is 0 Å². The van der Waals surface area contributed by atoms with Crippen molar-refractivity contribution in [2.24, 2.45) is 5.92 Å². The molecule has 2 N–H and O–H groups in total. The molecule has 110 valence electrons. The molecule has 7 nitrogen and oxygen atoms in total. The molecule has 0 spiro atoms. The van der Waals surface area contributed by atoms with E-state index in [0.717, 1.165) is 0 Å². The van der Waals surface area contributed by atoms with Crippen molar-refractivity contribution in [1.29, 1.82) is 0 Å². The summed E-state index contributed by atoms with van der Waals surface area (Å²) in [5, 5.41) is 14.7. The number of amides is 2. The number of ether oxygens (including phenoxy) is 1. The van der Waals surface area contributed by atoms with Crippen molar-refractivity contribution in [2.75, 3.05) is 32.8 Å². The molecule has 2 amide bonds. The van der Waals surface area contributed by atoms with Gasteiger partial charge in [0.05, 0.1) is 19.1 Å². The fourth-order valence-corrected chi connectivity index (χ4v) is 2.06. The van der Waals surface area contributed by atoms with Gasteiger partial charge in [-0.05, 0) is 13.8 Å². The third kappa shape index (κ3) is 4.36. The predicted molar refractivity (Wildman–Crippen MR) is 69.6 cm³/mol. The van der Waals surface area contributed by atoms with E-state index in [4.69, 9.17) is 9.84 Å². The summed E-state index contributed by atoms with van der Waals surface area (Å²) in [5.41, 5.74) is 0. The first kappa shape index (κ1) is 15.7. The molecule has 0 saturated carbocycles. The predicted octanol–water partition coefficient (Wildman–Crippen LogP) is 0.374. The Bertz CT molecular complexity index is 318. The fraction of sp³-hybridized carbons (Fsp3) is 0.833. The average Bonchev–Trinajstić information content (AvgIpc) is 2.39. The zero-order valence-electron chi connectivity index (χ0n) is 11.8. The van der Waals surface area contributed by atoms with Crippen molar-refractivity contribution >= 4 is 12.0 Å². The number of nitrogens with one attached hydrogen (secondary N) is 1. The van der Waals surface area contributed by atoms with Crippen LogP contribution in [-0.2, 0) is 9.53 Å². The summed E-state index contributed by atoms with van der Waals surface area (Å²) in [6.07, 6.45) is -1.11. The van der Waals surface area contributed by atoms with Crippen molar-refractivity contribution in [3.8, 4) is 0 Å². The van der Waals surface area contributed by atoms with Gasteiger partial charge in [-0.15, -0.1) is 0 Å². The van der Waals surface area contributed by atoms with Gasteiger partial charge in [0.2, 0.25) is 5.91 Å². The largest absolute Gasteiger partial charge is 0.465 e. The normalized spacial score (nSPS) is 19.5. The number of hydrazine groups is 1. The summed E-state index contributed by atoms with van der Waals surface area (Å²) in [5.74, 6) is -0.468. The Balaban J connectivity index is 2.63. The Kier molecular flexibility index (Phi) is 6.04. The van der Waals surface area contributed by atoms with Crippen LogP contribution in [0.4, 0.5) is 4.79 Å². The third-order valence-corrected chi connectivity index (χ3v) is 3.37. The van der Waals surface area contributed by atoms with Crippen LogP contribution in [0.25, 0.3) is 0 Å². The van der Waals surface area contributed by atoms with Gasteiger partial charge in [-0.3, -0.25) is 9.80 Å². The molecule has 0 radical (unpaired) electrons. The van der Waals surface area contributed by atoms with E-state index in [1.165, 1.54) is 0 Å². The second-order valence-corrected chi connectivity index (χ2v) is 4.65. The smallest absolute Gasteiger partial charge is 0.404 e. The average molecular weight is 273 g/mol. The van der Waals surface area contributed by atoms with E-state index in [2.05, 4.69) is 5.32 Å². The van der Waals surface area contributed by atoms with Gasteiger partial charge < -0.3 is 15.2 Å². The van der Waals surface area contributed by atoms with Gasteiger partial charge in [-0.1, -0.05) is 6.92 Å². The summed E-state index contributed by atoms with van der Waals surface area (Å²) in [6, 6.07) is -0.417. The highest BCUT2D eigenvalue weighted by atomic mass is 16.5. The molecule has 2 atom stereocenters. The lowest BCUT2D eigenvalue weighted by Gasteiger charge is -2.38. The van der Waals surface area contributed by atoms with Gasteiger partial charge in [0, 0.05) is 25.7 Å². The minimum Gasteiger partial charge on any atom is -0.465 e.